The molecule has 0 amide bonds. The maximum atomic E-state index is 12.0. The van der Waals surface area contributed by atoms with E-state index in [1.165, 1.54) is 17.6 Å². The summed E-state index contributed by atoms with van der Waals surface area (Å²) >= 11 is 1.40. The molecule has 0 aliphatic heterocycles. The molecule has 1 aromatic heterocycles. The van der Waals surface area contributed by atoms with Crippen molar-refractivity contribution in [2.24, 2.45) is 0 Å². The molecule has 0 aliphatic rings. The number of halogens is 1. The Labute approximate surface area is 147 Å². The second-order valence-corrected chi connectivity index (χ2v) is 9.02. The van der Waals surface area contributed by atoms with E-state index in [0.29, 0.717) is 11.7 Å². The molecule has 2 rings (SSSR count). The minimum Gasteiger partial charge on any atom is -0.375 e. The van der Waals surface area contributed by atoms with Crippen molar-refractivity contribution in [3.8, 4) is 0 Å². The normalized spacial score (nSPS) is 14.0. The van der Waals surface area contributed by atoms with Gasteiger partial charge in [-0.05, 0) is 19.4 Å². The number of aromatic nitrogens is 1. The standard InChI is InChI=1S/C15H21N3O2S2.ClH/c1-10-4-6-12(7-5-10)14(11(2)22(3,19)20)17-8-13-9-18-15(16)21-13;/h4-7,9,11,14,17H,8H2,1-3H3,(H2,16,18);1H. The fourth-order valence-corrected chi connectivity index (χ4v) is 3.57. The summed E-state index contributed by atoms with van der Waals surface area (Å²) in [6.07, 6.45) is 2.98. The van der Waals surface area contributed by atoms with Crippen LogP contribution in [0.4, 0.5) is 5.13 Å². The van der Waals surface area contributed by atoms with Crippen molar-refractivity contribution in [1.82, 2.24) is 10.3 Å². The summed E-state index contributed by atoms with van der Waals surface area (Å²) in [5, 5.41) is 3.31. The second kappa shape index (κ2) is 8.10. The molecule has 0 spiro atoms. The van der Waals surface area contributed by atoms with Crippen LogP contribution in [-0.2, 0) is 16.4 Å². The average molecular weight is 376 g/mol. The molecule has 0 bridgehead atoms. The van der Waals surface area contributed by atoms with Crippen LogP contribution in [-0.4, -0.2) is 24.9 Å². The topological polar surface area (TPSA) is 85.1 Å². The molecule has 0 saturated carbocycles. The van der Waals surface area contributed by atoms with E-state index in [-0.39, 0.29) is 18.4 Å². The minimum absolute atomic E-state index is 0. The van der Waals surface area contributed by atoms with Gasteiger partial charge in [-0.25, -0.2) is 13.4 Å². The number of hydrogen-bond donors (Lipinski definition) is 2. The molecule has 23 heavy (non-hydrogen) atoms. The van der Waals surface area contributed by atoms with Crippen molar-refractivity contribution in [3.63, 3.8) is 0 Å². The monoisotopic (exact) mass is 375 g/mol. The first-order valence-electron chi connectivity index (χ1n) is 6.96. The molecule has 1 aromatic carbocycles. The molecule has 0 fully saturated rings. The van der Waals surface area contributed by atoms with E-state index >= 15 is 0 Å². The lowest BCUT2D eigenvalue weighted by atomic mass is 10.0. The van der Waals surface area contributed by atoms with Gasteiger partial charge < -0.3 is 11.1 Å². The van der Waals surface area contributed by atoms with E-state index in [0.717, 1.165) is 16.0 Å². The van der Waals surface area contributed by atoms with Gasteiger partial charge in [0, 0.05) is 29.9 Å². The zero-order valence-electron chi connectivity index (χ0n) is 13.3. The van der Waals surface area contributed by atoms with E-state index in [1.807, 2.05) is 31.2 Å². The molecule has 0 radical (unpaired) electrons. The number of benzene rings is 1. The molecule has 1 heterocycles. The number of rotatable bonds is 6. The van der Waals surface area contributed by atoms with Crippen molar-refractivity contribution in [2.45, 2.75) is 31.7 Å². The number of nitrogen functional groups attached to an aromatic ring is 1. The van der Waals surface area contributed by atoms with Crippen molar-refractivity contribution in [2.75, 3.05) is 12.0 Å². The van der Waals surface area contributed by atoms with Crippen molar-refractivity contribution in [3.05, 3.63) is 46.5 Å². The molecule has 0 saturated heterocycles. The quantitative estimate of drug-likeness (QED) is 0.810. The number of nitrogens with zero attached hydrogens (tertiary/aromatic N) is 1. The highest BCUT2D eigenvalue weighted by atomic mass is 35.5. The van der Waals surface area contributed by atoms with Crippen molar-refractivity contribution >= 4 is 38.7 Å². The first-order valence-corrected chi connectivity index (χ1v) is 9.73. The third-order valence-corrected chi connectivity index (χ3v) is 6.10. The van der Waals surface area contributed by atoms with E-state index in [9.17, 15) is 8.42 Å². The molecule has 2 aromatic rings. The Morgan fingerprint density at radius 2 is 1.91 bits per heavy atom. The zero-order chi connectivity index (χ0) is 16.3. The van der Waals surface area contributed by atoms with Gasteiger partial charge in [-0.1, -0.05) is 29.8 Å². The summed E-state index contributed by atoms with van der Waals surface area (Å²) in [5.41, 5.74) is 7.73. The van der Waals surface area contributed by atoms with Crippen LogP contribution in [0.3, 0.4) is 0 Å². The van der Waals surface area contributed by atoms with Gasteiger partial charge in [-0.2, -0.15) is 0 Å². The van der Waals surface area contributed by atoms with Gasteiger partial charge >= 0.3 is 0 Å². The van der Waals surface area contributed by atoms with Crippen LogP contribution in [0.25, 0.3) is 0 Å². The number of thiazole rings is 1. The first-order chi connectivity index (χ1) is 10.3. The summed E-state index contributed by atoms with van der Waals surface area (Å²) in [5.74, 6) is 0. The first kappa shape index (κ1) is 19.9. The van der Waals surface area contributed by atoms with Crippen LogP contribution in [0.1, 0.15) is 29.0 Å². The van der Waals surface area contributed by atoms with Crippen LogP contribution in [0.2, 0.25) is 0 Å². The molecule has 2 atom stereocenters. The Bertz CT molecular complexity index is 729. The van der Waals surface area contributed by atoms with E-state index < -0.39 is 15.1 Å². The summed E-state index contributed by atoms with van der Waals surface area (Å²) in [4.78, 5) is 4.99. The lowest BCUT2D eigenvalue weighted by Gasteiger charge is -2.24. The van der Waals surface area contributed by atoms with Crippen LogP contribution < -0.4 is 11.1 Å². The maximum absolute atomic E-state index is 12.0. The number of anilines is 1. The molecule has 2 unspecified atom stereocenters. The summed E-state index contributed by atoms with van der Waals surface area (Å²) < 4.78 is 23.9. The van der Waals surface area contributed by atoms with Gasteiger partial charge in [0.2, 0.25) is 0 Å². The number of aryl methyl sites for hydroxylation is 1. The lowest BCUT2D eigenvalue weighted by Crippen LogP contribution is -2.34. The van der Waals surface area contributed by atoms with Crippen LogP contribution >= 0.6 is 23.7 Å². The molecule has 0 aliphatic carbocycles. The van der Waals surface area contributed by atoms with Crippen LogP contribution in [0.15, 0.2) is 30.5 Å². The summed E-state index contributed by atoms with van der Waals surface area (Å²) in [6.45, 7) is 4.27. The van der Waals surface area contributed by atoms with Gasteiger partial charge in [0.1, 0.15) is 0 Å². The molecule has 3 N–H and O–H groups in total. The summed E-state index contributed by atoms with van der Waals surface area (Å²) in [6, 6.07) is 7.64. The molecule has 128 valence electrons. The SMILES string of the molecule is Cc1ccc(C(NCc2cnc(N)s2)C(C)S(C)(=O)=O)cc1.Cl. The minimum atomic E-state index is -3.16. The maximum Gasteiger partial charge on any atom is 0.180 e. The van der Waals surface area contributed by atoms with Gasteiger partial charge in [-0.3, -0.25) is 0 Å². The van der Waals surface area contributed by atoms with Gasteiger partial charge in [-0.15, -0.1) is 23.7 Å². The highest BCUT2D eigenvalue weighted by Crippen LogP contribution is 2.24. The Morgan fingerprint density at radius 3 is 2.39 bits per heavy atom. The van der Waals surface area contributed by atoms with Gasteiger partial charge in [0.05, 0.1) is 5.25 Å². The lowest BCUT2D eigenvalue weighted by molar-refractivity contribution is 0.502. The third kappa shape index (κ3) is 5.46. The van der Waals surface area contributed by atoms with Gasteiger partial charge in [0.25, 0.3) is 0 Å². The smallest absolute Gasteiger partial charge is 0.180 e. The Balaban J connectivity index is 0.00000264. The Hall–Kier alpha value is -1.15. The Morgan fingerprint density at radius 1 is 1.30 bits per heavy atom. The molecule has 5 nitrogen and oxygen atoms in total. The fourth-order valence-electron chi connectivity index (χ4n) is 2.19. The third-order valence-electron chi connectivity index (χ3n) is 3.65. The summed E-state index contributed by atoms with van der Waals surface area (Å²) in [7, 11) is -3.16. The van der Waals surface area contributed by atoms with Gasteiger partial charge in [0.15, 0.2) is 15.0 Å². The fraction of sp³-hybridized carbons (Fsp3) is 0.400. The highest BCUT2D eigenvalue weighted by molar-refractivity contribution is 7.91. The highest BCUT2D eigenvalue weighted by Gasteiger charge is 2.27. The molecule has 8 heteroatoms. The van der Waals surface area contributed by atoms with Crippen molar-refractivity contribution < 1.29 is 8.42 Å². The predicted octanol–water partition coefficient (Wildman–Crippen LogP) is 2.72. The number of nitrogens with two attached hydrogens (primary N) is 1. The Kier molecular flexibility index (Phi) is 7.01. The average Bonchev–Trinajstić information content (AvgIpc) is 2.85. The largest absolute Gasteiger partial charge is 0.375 e. The molecular formula is C15H22ClN3O2S2. The zero-order valence-corrected chi connectivity index (χ0v) is 15.8. The molecular weight excluding hydrogens is 354 g/mol. The van der Waals surface area contributed by atoms with E-state index in [4.69, 9.17) is 5.73 Å². The van der Waals surface area contributed by atoms with Crippen molar-refractivity contribution in [1.29, 1.82) is 0 Å². The number of sulfone groups is 1. The second-order valence-electron chi connectivity index (χ2n) is 5.47. The van der Waals surface area contributed by atoms with Crippen LogP contribution in [0, 0.1) is 6.92 Å². The predicted molar refractivity (Wildman–Crippen MR) is 98.8 cm³/mol. The number of hydrogen-bond acceptors (Lipinski definition) is 6. The van der Waals surface area contributed by atoms with E-state index in [2.05, 4.69) is 10.3 Å². The van der Waals surface area contributed by atoms with E-state index in [1.54, 1.807) is 13.1 Å². The van der Waals surface area contributed by atoms with Crippen LogP contribution in [0.5, 0.6) is 0 Å². The number of nitrogens with one attached hydrogen (secondary N) is 1.